The molecular formula is C22H15BrN2O4S. The molecule has 0 aliphatic carbocycles. The molecule has 1 N–H and O–H groups in total. The number of halogens is 1. The molecule has 6 nitrogen and oxygen atoms in total. The van der Waals surface area contributed by atoms with Crippen molar-refractivity contribution in [2.24, 2.45) is 0 Å². The first-order valence-corrected chi connectivity index (χ1v) is 10.5. The Morgan fingerprint density at radius 2 is 1.80 bits per heavy atom. The standard InChI is InChI=1S/C22H15BrN2O4S/c1-13-6-5-7-14(10-13)25-20(27)17(19(26)24-22(25)28)11-15-12-18(23)21(29-15)30-16-8-3-2-4-9-16/h2-12H,1H3,(H,24,26,28)/b17-11+. The van der Waals surface area contributed by atoms with Crippen LogP contribution >= 0.6 is 27.7 Å². The average molecular weight is 483 g/mol. The summed E-state index contributed by atoms with van der Waals surface area (Å²) in [7, 11) is 0. The zero-order valence-corrected chi connectivity index (χ0v) is 18.1. The van der Waals surface area contributed by atoms with Crippen LogP contribution in [0.5, 0.6) is 0 Å². The molecule has 0 radical (unpaired) electrons. The number of hydrogen-bond acceptors (Lipinski definition) is 5. The number of barbiturate groups is 1. The number of urea groups is 1. The smallest absolute Gasteiger partial charge is 0.335 e. The summed E-state index contributed by atoms with van der Waals surface area (Å²) in [6.45, 7) is 1.85. The van der Waals surface area contributed by atoms with E-state index in [1.807, 2.05) is 43.3 Å². The lowest BCUT2D eigenvalue weighted by molar-refractivity contribution is -0.122. The second-order valence-corrected chi connectivity index (χ2v) is 8.40. The zero-order valence-electron chi connectivity index (χ0n) is 15.7. The van der Waals surface area contributed by atoms with Crippen molar-refractivity contribution >= 4 is 57.3 Å². The molecule has 2 heterocycles. The summed E-state index contributed by atoms with van der Waals surface area (Å²) < 4.78 is 6.50. The highest BCUT2D eigenvalue weighted by Gasteiger charge is 2.37. The highest BCUT2D eigenvalue weighted by Crippen LogP contribution is 2.36. The lowest BCUT2D eigenvalue weighted by atomic mass is 10.1. The number of nitrogens with one attached hydrogen (secondary N) is 1. The minimum absolute atomic E-state index is 0.186. The second-order valence-electron chi connectivity index (χ2n) is 6.50. The van der Waals surface area contributed by atoms with Crippen molar-refractivity contribution in [2.75, 3.05) is 4.90 Å². The Kier molecular flexibility index (Phi) is 5.61. The predicted molar refractivity (Wildman–Crippen MR) is 117 cm³/mol. The minimum atomic E-state index is -0.784. The van der Waals surface area contributed by atoms with Crippen LogP contribution in [0.25, 0.3) is 6.08 Å². The number of nitrogens with zero attached hydrogens (tertiary/aromatic N) is 1. The van der Waals surface area contributed by atoms with E-state index in [1.54, 1.807) is 24.3 Å². The van der Waals surface area contributed by atoms with E-state index < -0.39 is 17.8 Å². The number of carbonyl (C=O) groups is 3. The Morgan fingerprint density at radius 3 is 2.53 bits per heavy atom. The quantitative estimate of drug-likeness (QED) is 0.409. The summed E-state index contributed by atoms with van der Waals surface area (Å²) in [5.74, 6) is -1.16. The van der Waals surface area contributed by atoms with Crippen molar-refractivity contribution in [2.45, 2.75) is 16.9 Å². The summed E-state index contributed by atoms with van der Waals surface area (Å²) in [6.07, 6.45) is 1.34. The molecule has 1 fully saturated rings. The van der Waals surface area contributed by atoms with Gasteiger partial charge in [0.25, 0.3) is 11.8 Å². The Labute approximate surface area is 185 Å². The topological polar surface area (TPSA) is 79.6 Å². The van der Waals surface area contributed by atoms with Gasteiger partial charge in [-0.15, -0.1) is 0 Å². The van der Waals surface area contributed by atoms with Gasteiger partial charge in [-0.1, -0.05) is 42.1 Å². The van der Waals surface area contributed by atoms with Crippen LogP contribution in [-0.4, -0.2) is 17.8 Å². The highest BCUT2D eigenvalue weighted by molar-refractivity contribution is 9.10. The van der Waals surface area contributed by atoms with E-state index in [9.17, 15) is 14.4 Å². The number of benzene rings is 2. The molecule has 1 aliphatic rings. The number of carbonyl (C=O) groups excluding carboxylic acids is 3. The van der Waals surface area contributed by atoms with Gasteiger partial charge in [0, 0.05) is 4.90 Å². The molecule has 1 aromatic heterocycles. The van der Waals surface area contributed by atoms with Crippen LogP contribution in [0.3, 0.4) is 0 Å². The van der Waals surface area contributed by atoms with Crippen molar-refractivity contribution in [3.8, 4) is 0 Å². The van der Waals surface area contributed by atoms with Gasteiger partial charge in [0.05, 0.1) is 10.2 Å². The molecule has 150 valence electrons. The average Bonchev–Trinajstić information content (AvgIpc) is 3.05. The van der Waals surface area contributed by atoms with Gasteiger partial charge in [-0.3, -0.25) is 14.9 Å². The van der Waals surface area contributed by atoms with Gasteiger partial charge in [0.1, 0.15) is 11.3 Å². The SMILES string of the molecule is Cc1cccc(N2C(=O)NC(=O)/C(=C\c3cc(Br)c(Sc4ccccc4)o3)C2=O)c1. The summed E-state index contributed by atoms with van der Waals surface area (Å²) in [6, 6.07) is 17.5. The second kappa shape index (κ2) is 8.33. The van der Waals surface area contributed by atoms with Crippen LogP contribution in [-0.2, 0) is 9.59 Å². The van der Waals surface area contributed by atoms with Gasteiger partial charge >= 0.3 is 6.03 Å². The number of furan rings is 1. The number of hydrogen-bond donors (Lipinski definition) is 1. The molecule has 30 heavy (non-hydrogen) atoms. The normalized spacial score (nSPS) is 15.6. The molecule has 1 aliphatic heterocycles. The van der Waals surface area contributed by atoms with Crippen molar-refractivity contribution in [1.82, 2.24) is 5.32 Å². The van der Waals surface area contributed by atoms with E-state index in [1.165, 1.54) is 17.8 Å². The van der Waals surface area contributed by atoms with Crippen LogP contribution in [0.2, 0.25) is 0 Å². The summed E-state index contributed by atoms with van der Waals surface area (Å²) in [5, 5.41) is 2.80. The third-order valence-corrected chi connectivity index (χ3v) is 6.12. The highest BCUT2D eigenvalue weighted by atomic mass is 79.9. The first-order chi connectivity index (χ1) is 14.4. The molecule has 8 heteroatoms. The third-order valence-electron chi connectivity index (χ3n) is 4.28. The molecule has 0 spiro atoms. The summed E-state index contributed by atoms with van der Waals surface area (Å²) in [4.78, 5) is 39.5. The molecule has 4 rings (SSSR count). The van der Waals surface area contributed by atoms with Gasteiger partial charge in [-0.2, -0.15) is 0 Å². The fourth-order valence-corrected chi connectivity index (χ4v) is 4.26. The lowest BCUT2D eigenvalue weighted by Crippen LogP contribution is -2.54. The van der Waals surface area contributed by atoms with Crippen molar-refractivity contribution < 1.29 is 18.8 Å². The van der Waals surface area contributed by atoms with E-state index in [4.69, 9.17) is 4.42 Å². The molecule has 0 unspecified atom stereocenters. The predicted octanol–water partition coefficient (Wildman–Crippen LogP) is 5.17. The molecule has 0 saturated carbocycles. The Morgan fingerprint density at radius 1 is 1.03 bits per heavy atom. The number of imide groups is 2. The van der Waals surface area contributed by atoms with Crippen LogP contribution in [0, 0.1) is 6.92 Å². The van der Waals surface area contributed by atoms with Crippen LogP contribution in [0.15, 0.2) is 85.1 Å². The number of aryl methyl sites for hydroxylation is 1. The van der Waals surface area contributed by atoms with Gasteiger partial charge in [-0.05, 0) is 64.8 Å². The maximum absolute atomic E-state index is 13.0. The summed E-state index contributed by atoms with van der Waals surface area (Å²) >= 11 is 4.85. The Bertz CT molecular complexity index is 1190. The molecule has 3 aromatic rings. The Hall–Kier alpha value is -3.10. The fourth-order valence-electron chi connectivity index (χ4n) is 2.91. The zero-order chi connectivity index (χ0) is 21.3. The van der Waals surface area contributed by atoms with Crippen LogP contribution in [0.4, 0.5) is 10.5 Å². The van der Waals surface area contributed by atoms with E-state index in [-0.39, 0.29) is 5.57 Å². The lowest BCUT2D eigenvalue weighted by Gasteiger charge is -2.26. The molecular weight excluding hydrogens is 468 g/mol. The van der Waals surface area contributed by atoms with Gasteiger partial charge in [-0.25, -0.2) is 9.69 Å². The minimum Gasteiger partial charge on any atom is -0.449 e. The fraction of sp³-hybridized carbons (Fsp3) is 0.0455. The largest absolute Gasteiger partial charge is 0.449 e. The van der Waals surface area contributed by atoms with Gasteiger partial charge in [0.2, 0.25) is 0 Å². The first-order valence-electron chi connectivity index (χ1n) is 8.93. The van der Waals surface area contributed by atoms with E-state index in [2.05, 4.69) is 21.2 Å². The van der Waals surface area contributed by atoms with Crippen molar-refractivity contribution in [3.63, 3.8) is 0 Å². The van der Waals surface area contributed by atoms with Gasteiger partial charge < -0.3 is 4.42 Å². The first kappa shape index (κ1) is 20.2. The van der Waals surface area contributed by atoms with Crippen molar-refractivity contribution in [1.29, 1.82) is 0 Å². The monoisotopic (exact) mass is 482 g/mol. The maximum atomic E-state index is 13.0. The number of rotatable bonds is 4. The maximum Gasteiger partial charge on any atom is 0.335 e. The van der Waals surface area contributed by atoms with Crippen LogP contribution < -0.4 is 10.2 Å². The third kappa shape index (κ3) is 4.10. The van der Waals surface area contributed by atoms with Crippen molar-refractivity contribution in [3.05, 3.63) is 82.0 Å². The molecule has 4 amide bonds. The Balaban J connectivity index is 1.65. The van der Waals surface area contributed by atoms with Gasteiger partial charge in [0.15, 0.2) is 5.09 Å². The molecule has 0 bridgehead atoms. The molecule has 2 aromatic carbocycles. The molecule has 0 atom stereocenters. The van der Waals surface area contributed by atoms with E-state index in [0.717, 1.165) is 15.4 Å². The van der Waals surface area contributed by atoms with E-state index >= 15 is 0 Å². The summed E-state index contributed by atoms with van der Waals surface area (Å²) in [5.41, 5.74) is 1.08. The van der Waals surface area contributed by atoms with E-state index in [0.29, 0.717) is 21.0 Å². The molecule has 1 saturated heterocycles. The number of amides is 4. The van der Waals surface area contributed by atoms with Crippen LogP contribution in [0.1, 0.15) is 11.3 Å². The number of anilines is 1.